The number of hydrogen-bond donors (Lipinski definition) is 2. The van der Waals surface area contributed by atoms with E-state index in [9.17, 15) is 9.59 Å². The minimum atomic E-state index is -0.521. The van der Waals surface area contributed by atoms with Crippen LogP contribution in [-0.2, 0) is 9.47 Å². The van der Waals surface area contributed by atoms with Crippen molar-refractivity contribution in [1.29, 1.82) is 0 Å². The first kappa shape index (κ1) is 15.8. The Morgan fingerprint density at radius 1 is 1.05 bits per heavy atom. The summed E-state index contributed by atoms with van der Waals surface area (Å²) in [6, 6.07) is 8.95. The fraction of sp³-hybridized carbons (Fsp3) is 0.429. The Balaban J connectivity index is 2.64. The number of carbonyl (C=O) groups excluding carboxylic acids is 2. The molecule has 1 unspecified atom stereocenters. The van der Waals surface area contributed by atoms with E-state index in [0.717, 1.165) is 5.56 Å². The van der Waals surface area contributed by atoms with Crippen molar-refractivity contribution < 1.29 is 19.1 Å². The van der Waals surface area contributed by atoms with E-state index < -0.39 is 12.2 Å². The van der Waals surface area contributed by atoms with Crippen LogP contribution in [0.2, 0.25) is 0 Å². The van der Waals surface area contributed by atoms with E-state index in [1.165, 1.54) is 0 Å². The molecule has 0 fully saturated rings. The second-order valence-corrected chi connectivity index (χ2v) is 3.93. The molecule has 0 aromatic heterocycles. The topological polar surface area (TPSA) is 76.7 Å². The molecule has 6 nitrogen and oxygen atoms in total. The molecule has 6 heteroatoms. The molecule has 2 N–H and O–H groups in total. The van der Waals surface area contributed by atoms with E-state index in [1.807, 2.05) is 30.3 Å². The lowest BCUT2D eigenvalue weighted by molar-refractivity contribution is 0.142. The van der Waals surface area contributed by atoms with Crippen LogP contribution in [0, 0.1) is 0 Å². The van der Waals surface area contributed by atoms with Gasteiger partial charge in [0.15, 0.2) is 0 Å². The molecule has 1 rings (SSSR count). The van der Waals surface area contributed by atoms with Gasteiger partial charge in [0.1, 0.15) is 0 Å². The smallest absolute Gasteiger partial charge is 0.407 e. The summed E-state index contributed by atoms with van der Waals surface area (Å²) in [6.45, 7) is 4.27. The zero-order valence-electron chi connectivity index (χ0n) is 11.7. The highest BCUT2D eigenvalue weighted by molar-refractivity contribution is 5.69. The maximum Gasteiger partial charge on any atom is 0.407 e. The number of hydrogen-bond acceptors (Lipinski definition) is 4. The molecule has 0 aliphatic rings. The summed E-state index contributed by atoms with van der Waals surface area (Å²) < 4.78 is 9.64. The van der Waals surface area contributed by atoms with Crippen LogP contribution in [0.4, 0.5) is 9.59 Å². The first-order valence-corrected chi connectivity index (χ1v) is 6.56. The Morgan fingerprint density at radius 2 is 1.65 bits per heavy atom. The Kier molecular flexibility index (Phi) is 6.95. The molecule has 0 radical (unpaired) electrons. The van der Waals surface area contributed by atoms with E-state index in [0.29, 0.717) is 13.2 Å². The molecule has 20 heavy (non-hydrogen) atoms. The minimum Gasteiger partial charge on any atom is -0.450 e. The van der Waals surface area contributed by atoms with Gasteiger partial charge in [-0.25, -0.2) is 9.59 Å². The third-order valence-electron chi connectivity index (χ3n) is 2.50. The first-order valence-electron chi connectivity index (χ1n) is 6.56. The lowest BCUT2D eigenvalue weighted by Crippen LogP contribution is -2.38. The molecular formula is C14H20N2O4. The standard InChI is InChI=1S/C14H20N2O4/c1-3-19-13(17)15-10-12(16-14(18)20-4-2)11-8-6-5-7-9-11/h5-9,12H,3-4,10H2,1-2H3,(H,15,17)(H,16,18). The lowest BCUT2D eigenvalue weighted by Gasteiger charge is -2.19. The molecule has 0 bridgehead atoms. The van der Waals surface area contributed by atoms with Crippen LogP contribution in [0.5, 0.6) is 0 Å². The van der Waals surface area contributed by atoms with Gasteiger partial charge in [0, 0.05) is 6.54 Å². The fourth-order valence-corrected chi connectivity index (χ4v) is 1.62. The molecule has 2 amide bonds. The van der Waals surface area contributed by atoms with E-state index in [4.69, 9.17) is 9.47 Å². The molecule has 0 saturated heterocycles. The van der Waals surface area contributed by atoms with Gasteiger partial charge in [0.05, 0.1) is 19.3 Å². The van der Waals surface area contributed by atoms with Gasteiger partial charge in [-0.2, -0.15) is 0 Å². The highest BCUT2D eigenvalue weighted by Crippen LogP contribution is 2.11. The number of rotatable bonds is 6. The Bertz CT molecular complexity index is 422. The molecule has 0 aliphatic heterocycles. The second-order valence-electron chi connectivity index (χ2n) is 3.93. The van der Waals surface area contributed by atoms with Gasteiger partial charge in [-0.05, 0) is 19.4 Å². The molecule has 0 heterocycles. The molecule has 0 spiro atoms. The third kappa shape index (κ3) is 5.60. The largest absolute Gasteiger partial charge is 0.450 e. The van der Waals surface area contributed by atoms with Crippen LogP contribution in [-0.4, -0.2) is 31.9 Å². The van der Waals surface area contributed by atoms with Crippen molar-refractivity contribution in [2.45, 2.75) is 19.9 Å². The molecule has 110 valence electrons. The molecule has 1 aromatic rings. The Morgan fingerprint density at radius 3 is 2.25 bits per heavy atom. The first-order chi connectivity index (χ1) is 9.67. The van der Waals surface area contributed by atoms with Gasteiger partial charge in [0.25, 0.3) is 0 Å². The van der Waals surface area contributed by atoms with E-state index in [1.54, 1.807) is 13.8 Å². The van der Waals surface area contributed by atoms with Crippen molar-refractivity contribution in [3.8, 4) is 0 Å². The normalized spacial score (nSPS) is 11.3. The predicted molar refractivity (Wildman–Crippen MR) is 74.4 cm³/mol. The monoisotopic (exact) mass is 280 g/mol. The molecule has 0 saturated carbocycles. The third-order valence-corrected chi connectivity index (χ3v) is 2.50. The van der Waals surface area contributed by atoms with Gasteiger partial charge in [-0.15, -0.1) is 0 Å². The minimum absolute atomic E-state index is 0.224. The number of nitrogens with one attached hydrogen (secondary N) is 2. The summed E-state index contributed by atoms with van der Waals surface area (Å²) >= 11 is 0. The molecule has 0 aliphatic carbocycles. The average molecular weight is 280 g/mol. The molecule has 1 atom stereocenters. The summed E-state index contributed by atoms with van der Waals surface area (Å²) in [5, 5.41) is 5.30. The predicted octanol–water partition coefficient (Wildman–Crippen LogP) is 2.22. The number of benzene rings is 1. The fourth-order valence-electron chi connectivity index (χ4n) is 1.62. The maximum atomic E-state index is 11.5. The number of carbonyl (C=O) groups is 2. The van der Waals surface area contributed by atoms with Crippen molar-refractivity contribution in [2.75, 3.05) is 19.8 Å². The summed E-state index contributed by atoms with van der Waals surface area (Å²) in [7, 11) is 0. The zero-order valence-corrected chi connectivity index (χ0v) is 11.7. The summed E-state index contributed by atoms with van der Waals surface area (Å²) in [6.07, 6.45) is -1.04. The summed E-state index contributed by atoms with van der Waals surface area (Å²) in [5.41, 5.74) is 0.873. The highest BCUT2D eigenvalue weighted by Gasteiger charge is 2.16. The van der Waals surface area contributed by atoms with Gasteiger partial charge >= 0.3 is 12.2 Å². The van der Waals surface area contributed by atoms with Crippen LogP contribution in [0.15, 0.2) is 30.3 Å². The lowest BCUT2D eigenvalue weighted by atomic mass is 10.1. The number of ether oxygens (including phenoxy) is 2. The maximum absolute atomic E-state index is 11.5. The second kappa shape index (κ2) is 8.79. The quantitative estimate of drug-likeness (QED) is 0.837. The van der Waals surface area contributed by atoms with Crippen molar-refractivity contribution in [3.05, 3.63) is 35.9 Å². The summed E-state index contributed by atoms with van der Waals surface area (Å²) in [4.78, 5) is 22.8. The van der Waals surface area contributed by atoms with E-state index in [2.05, 4.69) is 10.6 Å². The van der Waals surface area contributed by atoms with Crippen LogP contribution in [0.25, 0.3) is 0 Å². The average Bonchev–Trinajstić information content (AvgIpc) is 2.45. The van der Waals surface area contributed by atoms with Crippen LogP contribution in [0.1, 0.15) is 25.5 Å². The van der Waals surface area contributed by atoms with Crippen LogP contribution >= 0.6 is 0 Å². The van der Waals surface area contributed by atoms with Crippen molar-refractivity contribution in [2.24, 2.45) is 0 Å². The highest BCUT2D eigenvalue weighted by atomic mass is 16.6. The zero-order chi connectivity index (χ0) is 14.8. The SMILES string of the molecule is CCOC(=O)NCC(NC(=O)OCC)c1ccccc1. The summed E-state index contributed by atoms with van der Waals surface area (Å²) in [5.74, 6) is 0. The van der Waals surface area contributed by atoms with Gasteiger partial charge < -0.3 is 20.1 Å². The van der Waals surface area contributed by atoms with Crippen LogP contribution < -0.4 is 10.6 Å². The van der Waals surface area contributed by atoms with Crippen molar-refractivity contribution >= 4 is 12.2 Å². The van der Waals surface area contributed by atoms with E-state index in [-0.39, 0.29) is 12.6 Å². The van der Waals surface area contributed by atoms with Crippen molar-refractivity contribution in [3.63, 3.8) is 0 Å². The van der Waals surface area contributed by atoms with Crippen molar-refractivity contribution in [1.82, 2.24) is 10.6 Å². The Hall–Kier alpha value is -2.24. The Labute approximate surface area is 118 Å². The van der Waals surface area contributed by atoms with E-state index >= 15 is 0 Å². The molecular weight excluding hydrogens is 260 g/mol. The number of amides is 2. The van der Waals surface area contributed by atoms with Crippen LogP contribution in [0.3, 0.4) is 0 Å². The number of alkyl carbamates (subject to hydrolysis) is 2. The van der Waals surface area contributed by atoms with Gasteiger partial charge in [-0.3, -0.25) is 0 Å². The van der Waals surface area contributed by atoms with Gasteiger partial charge in [-0.1, -0.05) is 30.3 Å². The molecule has 1 aromatic carbocycles. The van der Waals surface area contributed by atoms with Gasteiger partial charge in [0.2, 0.25) is 0 Å².